The molecule has 0 N–H and O–H groups in total. The molecule has 1 aromatic rings. The summed E-state index contributed by atoms with van der Waals surface area (Å²) in [6.45, 7) is 8.34. The van der Waals surface area contributed by atoms with Gasteiger partial charge in [-0.3, -0.25) is 0 Å². The number of hydrogen-bond acceptors (Lipinski definition) is 2. The van der Waals surface area contributed by atoms with Crippen LogP contribution in [0.5, 0.6) is 0 Å². The lowest BCUT2D eigenvalue weighted by molar-refractivity contribution is 0.566. The van der Waals surface area contributed by atoms with Crippen molar-refractivity contribution in [1.29, 1.82) is 0 Å². The van der Waals surface area contributed by atoms with E-state index >= 15 is 0 Å². The zero-order valence-corrected chi connectivity index (χ0v) is 7.92. The van der Waals surface area contributed by atoms with E-state index in [1.807, 2.05) is 11.6 Å². The van der Waals surface area contributed by atoms with Crippen LogP contribution >= 0.6 is 0 Å². The van der Waals surface area contributed by atoms with Crippen LogP contribution in [0.25, 0.3) is 5.57 Å². The molecule has 1 atom stereocenters. The Kier molecular flexibility index (Phi) is 1.37. The predicted octanol–water partition coefficient (Wildman–Crippen LogP) is 1.95. The highest BCUT2D eigenvalue weighted by Crippen LogP contribution is 2.33. The van der Waals surface area contributed by atoms with Gasteiger partial charge in [0, 0.05) is 0 Å². The molecule has 0 bridgehead atoms. The number of fused-ring (bicyclic) bond motifs is 1. The third-order valence-corrected chi connectivity index (χ3v) is 2.66. The highest BCUT2D eigenvalue weighted by atomic mass is 15.4. The Morgan fingerprint density at radius 3 is 2.50 bits per heavy atom. The molecule has 0 saturated carbocycles. The summed E-state index contributed by atoms with van der Waals surface area (Å²) >= 11 is 0. The van der Waals surface area contributed by atoms with Crippen LogP contribution in [-0.2, 0) is 0 Å². The van der Waals surface area contributed by atoms with Crippen molar-refractivity contribution in [2.75, 3.05) is 0 Å². The standard InChI is InChI=1S/C9H13N3/c1-5-6(2)9-10-8(4)11-12(9)7(5)3/h7H,1-4H3. The summed E-state index contributed by atoms with van der Waals surface area (Å²) in [4.78, 5) is 4.37. The first-order valence-corrected chi connectivity index (χ1v) is 4.22. The minimum Gasteiger partial charge on any atom is -0.239 e. The Bertz CT molecular complexity index is 360. The van der Waals surface area contributed by atoms with Crippen LogP contribution in [0.2, 0.25) is 0 Å². The lowest BCUT2D eigenvalue weighted by Crippen LogP contribution is -2.03. The van der Waals surface area contributed by atoms with E-state index in [0.29, 0.717) is 6.04 Å². The molecule has 2 heterocycles. The summed E-state index contributed by atoms with van der Waals surface area (Å²) in [6.07, 6.45) is 0. The predicted molar refractivity (Wildman–Crippen MR) is 47.7 cm³/mol. The number of hydrogen-bond donors (Lipinski definition) is 0. The van der Waals surface area contributed by atoms with Crippen molar-refractivity contribution < 1.29 is 0 Å². The van der Waals surface area contributed by atoms with E-state index in [-0.39, 0.29) is 0 Å². The van der Waals surface area contributed by atoms with Gasteiger partial charge in [0.2, 0.25) is 0 Å². The van der Waals surface area contributed by atoms with Crippen molar-refractivity contribution in [1.82, 2.24) is 14.8 Å². The van der Waals surface area contributed by atoms with Crippen molar-refractivity contribution >= 4 is 5.57 Å². The van der Waals surface area contributed by atoms with E-state index in [4.69, 9.17) is 0 Å². The Hall–Kier alpha value is -1.12. The Morgan fingerprint density at radius 1 is 1.25 bits per heavy atom. The minimum atomic E-state index is 0.390. The lowest BCUT2D eigenvalue weighted by atomic mass is 10.1. The molecule has 12 heavy (non-hydrogen) atoms. The highest BCUT2D eigenvalue weighted by molar-refractivity contribution is 5.65. The topological polar surface area (TPSA) is 30.7 Å². The van der Waals surface area contributed by atoms with Gasteiger partial charge < -0.3 is 0 Å². The zero-order valence-electron chi connectivity index (χ0n) is 7.92. The van der Waals surface area contributed by atoms with Gasteiger partial charge in [-0.2, -0.15) is 5.10 Å². The second kappa shape index (κ2) is 2.19. The van der Waals surface area contributed by atoms with E-state index in [2.05, 4.69) is 30.9 Å². The fourth-order valence-electron chi connectivity index (χ4n) is 1.63. The number of aromatic nitrogens is 3. The third-order valence-electron chi connectivity index (χ3n) is 2.66. The van der Waals surface area contributed by atoms with Crippen molar-refractivity contribution in [3.05, 3.63) is 17.2 Å². The molecule has 3 nitrogen and oxygen atoms in total. The molecular formula is C9H13N3. The zero-order chi connectivity index (χ0) is 8.88. The Balaban J connectivity index is 2.63. The van der Waals surface area contributed by atoms with Gasteiger partial charge in [0.05, 0.1) is 6.04 Å². The van der Waals surface area contributed by atoms with Crippen molar-refractivity contribution in [2.24, 2.45) is 0 Å². The SMILES string of the molecule is CC1=C(C)C(C)n2nc(C)nc21. The average molecular weight is 163 g/mol. The van der Waals surface area contributed by atoms with Crippen molar-refractivity contribution in [3.63, 3.8) is 0 Å². The number of aryl methyl sites for hydroxylation is 1. The fraction of sp³-hybridized carbons (Fsp3) is 0.556. The van der Waals surface area contributed by atoms with Crippen LogP contribution in [0.4, 0.5) is 0 Å². The maximum absolute atomic E-state index is 4.37. The third kappa shape index (κ3) is 0.763. The normalized spacial score (nSPS) is 21.8. The summed E-state index contributed by atoms with van der Waals surface area (Å²) in [5.74, 6) is 1.90. The van der Waals surface area contributed by atoms with Gasteiger partial charge in [0.1, 0.15) is 5.82 Å². The van der Waals surface area contributed by atoms with Gasteiger partial charge >= 0.3 is 0 Å². The number of rotatable bonds is 0. The lowest BCUT2D eigenvalue weighted by Gasteiger charge is -2.05. The van der Waals surface area contributed by atoms with Crippen molar-refractivity contribution in [3.8, 4) is 0 Å². The van der Waals surface area contributed by atoms with Crippen LogP contribution in [0.3, 0.4) is 0 Å². The molecule has 0 spiro atoms. The second-order valence-electron chi connectivity index (χ2n) is 3.41. The molecule has 64 valence electrons. The van der Waals surface area contributed by atoms with Crippen LogP contribution in [0.15, 0.2) is 5.57 Å². The van der Waals surface area contributed by atoms with Crippen LogP contribution in [-0.4, -0.2) is 14.8 Å². The molecule has 2 rings (SSSR count). The molecule has 0 saturated heterocycles. The molecule has 0 aromatic carbocycles. The quantitative estimate of drug-likeness (QED) is 0.585. The van der Waals surface area contributed by atoms with E-state index in [1.165, 1.54) is 11.1 Å². The fourth-order valence-corrected chi connectivity index (χ4v) is 1.63. The largest absolute Gasteiger partial charge is 0.239 e. The molecule has 0 fully saturated rings. The van der Waals surface area contributed by atoms with Crippen molar-refractivity contribution in [2.45, 2.75) is 33.7 Å². The molecule has 3 heteroatoms. The smallest absolute Gasteiger partial charge is 0.154 e. The Morgan fingerprint density at radius 2 is 1.92 bits per heavy atom. The first-order valence-electron chi connectivity index (χ1n) is 4.22. The molecule has 0 amide bonds. The van der Waals surface area contributed by atoms with Gasteiger partial charge in [0.15, 0.2) is 5.82 Å². The second-order valence-corrected chi connectivity index (χ2v) is 3.41. The maximum Gasteiger partial charge on any atom is 0.154 e. The van der Waals surface area contributed by atoms with Gasteiger partial charge in [-0.05, 0) is 38.8 Å². The molecule has 1 aromatic heterocycles. The van der Waals surface area contributed by atoms with Gasteiger partial charge in [-0.25, -0.2) is 9.67 Å². The summed E-state index contributed by atoms with van der Waals surface area (Å²) in [5, 5.41) is 4.34. The average Bonchev–Trinajstić information content (AvgIpc) is 2.49. The van der Waals surface area contributed by atoms with E-state index in [9.17, 15) is 0 Å². The monoisotopic (exact) mass is 163 g/mol. The molecular weight excluding hydrogens is 150 g/mol. The Labute approximate surface area is 72.1 Å². The molecule has 1 unspecified atom stereocenters. The van der Waals surface area contributed by atoms with E-state index < -0.39 is 0 Å². The van der Waals surface area contributed by atoms with E-state index in [0.717, 1.165) is 11.6 Å². The highest BCUT2D eigenvalue weighted by Gasteiger charge is 2.24. The summed E-state index contributed by atoms with van der Waals surface area (Å²) in [6, 6.07) is 0.390. The number of allylic oxidation sites excluding steroid dienone is 2. The van der Waals surface area contributed by atoms with Crippen LogP contribution in [0.1, 0.15) is 38.5 Å². The van der Waals surface area contributed by atoms with Crippen LogP contribution in [0, 0.1) is 6.92 Å². The minimum absolute atomic E-state index is 0.390. The molecule has 1 aliphatic rings. The first-order chi connectivity index (χ1) is 5.61. The summed E-state index contributed by atoms with van der Waals surface area (Å²) in [5.41, 5.74) is 2.66. The van der Waals surface area contributed by atoms with Gasteiger partial charge in [-0.1, -0.05) is 0 Å². The molecule has 0 aliphatic carbocycles. The first kappa shape index (κ1) is 7.53. The van der Waals surface area contributed by atoms with Gasteiger partial charge in [0.25, 0.3) is 0 Å². The maximum atomic E-state index is 4.37. The summed E-state index contributed by atoms with van der Waals surface area (Å²) < 4.78 is 2.00. The van der Waals surface area contributed by atoms with Crippen LogP contribution < -0.4 is 0 Å². The molecule has 0 radical (unpaired) electrons. The van der Waals surface area contributed by atoms with Gasteiger partial charge in [-0.15, -0.1) is 0 Å². The number of nitrogens with zero attached hydrogens (tertiary/aromatic N) is 3. The summed E-state index contributed by atoms with van der Waals surface area (Å²) in [7, 11) is 0. The molecule has 1 aliphatic heterocycles. The van der Waals surface area contributed by atoms with E-state index in [1.54, 1.807) is 0 Å².